The molecule has 16 heteroatoms. The molecule has 1 aliphatic heterocycles. The van der Waals surface area contributed by atoms with Gasteiger partial charge in [0.05, 0.1) is 49.1 Å². The lowest BCUT2D eigenvalue weighted by atomic mass is 10.2. The number of methoxy groups -OCH3 is 2. The normalized spacial score (nSPS) is 14.6. The largest absolute Gasteiger partial charge is 0.497 e. The van der Waals surface area contributed by atoms with Crippen molar-refractivity contribution in [2.75, 3.05) is 63.6 Å². The van der Waals surface area contributed by atoms with Crippen LogP contribution < -0.4 is 18.9 Å². The van der Waals surface area contributed by atoms with Crippen molar-refractivity contribution in [3.05, 3.63) is 58.6 Å². The Morgan fingerprint density at radius 2 is 1.51 bits per heavy atom. The number of rotatable bonds is 18. The molecule has 246 valence electrons. The number of hydrogen-bond donors (Lipinski definition) is 2. The minimum atomic E-state index is -4.01. The summed E-state index contributed by atoms with van der Waals surface area (Å²) in [5, 5.41) is 1.96. The van der Waals surface area contributed by atoms with Crippen molar-refractivity contribution >= 4 is 65.3 Å². The minimum absolute atomic E-state index is 0.208. The number of allylic oxidation sites excluding steroid dienone is 2. The lowest BCUT2D eigenvalue weighted by molar-refractivity contribution is -0.670. The summed E-state index contributed by atoms with van der Waals surface area (Å²) in [6.45, 7) is 2.18. The highest BCUT2D eigenvalue weighted by molar-refractivity contribution is 8.03. The van der Waals surface area contributed by atoms with Gasteiger partial charge in [-0.3, -0.25) is 9.11 Å². The van der Waals surface area contributed by atoms with Crippen LogP contribution in [-0.2, 0) is 36.3 Å². The third-order valence-electron chi connectivity index (χ3n) is 6.65. The molecule has 1 aromatic heterocycles. The number of thioether (sulfide) groups is 1. The van der Waals surface area contributed by atoms with E-state index in [1.165, 1.54) is 0 Å². The number of hydrogen-bond acceptors (Lipinski definition) is 11. The molecule has 2 aromatic carbocycles. The van der Waals surface area contributed by atoms with Crippen molar-refractivity contribution in [3.63, 3.8) is 0 Å². The van der Waals surface area contributed by atoms with E-state index in [0.29, 0.717) is 26.3 Å². The molecule has 45 heavy (non-hydrogen) atoms. The molecule has 0 atom stereocenters. The Hall–Kier alpha value is -2.70. The fourth-order valence-electron chi connectivity index (χ4n) is 4.54. The molecule has 0 saturated carbocycles. The summed E-state index contributed by atoms with van der Waals surface area (Å²) >= 11 is 3.24. The van der Waals surface area contributed by atoms with E-state index in [1.54, 1.807) is 37.3 Å². The molecule has 12 nitrogen and oxygen atoms in total. The number of benzene rings is 2. The molecule has 0 spiro atoms. The van der Waals surface area contributed by atoms with E-state index >= 15 is 0 Å². The van der Waals surface area contributed by atoms with Gasteiger partial charge in [-0.15, -0.1) is 0 Å². The molecule has 2 N–H and O–H groups in total. The maximum absolute atomic E-state index is 11.0. The van der Waals surface area contributed by atoms with Gasteiger partial charge in [0.15, 0.2) is 6.54 Å². The molecule has 0 radical (unpaired) electrons. The summed E-state index contributed by atoms with van der Waals surface area (Å²) in [4.78, 5) is 3.19. The summed E-state index contributed by atoms with van der Waals surface area (Å²) in [5.41, 5.74) is 1.96. The summed E-state index contributed by atoms with van der Waals surface area (Å²) in [6, 6.07) is 11.8. The van der Waals surface area contributed by atoms with E-state index < -0.39 is 20.2 Å². The third kappa shape index (κ3) is 10.7. The Morgan fingerprint density at radius 3 is 2.18 bits per heavy atom. The Kier molecular flexibility index (Phi) is 12.7. The van der Waals surface area contributed by atoms with Gasteiger partial charge < -0.3 is 23.8 Å². The van der Waals surface area contributed by atoms with Gasteiger partial charge in [-0.1, -0.05) is 29.2 Å². The zero-order chi connectivity index (χ0) is 32.5. The van der Waals surface area contributed by atoms with Crippen LogP contribution in [-0.4, -0.2) is 84.6 Å². The van der Waals surface area contributed by atoms with E-state index in [4.69, 9.17) is 28.1 Å². The maximum Gasteiger partial charge on any atom is 0.264 e. The zero-order valence-corrected chi connectivity index (χ0v) is 28.2. The molecule has 3 aromatic rings. The third-order valence-corrected chi connectivity index (χ3v) is 10.5. The van der Waals surface area contributed by atoms with Crippen LogP contribution in [0.3, 0.4) is 0 Å². The van der Waals surface area contributed by atoms with Crippen molar-refractivity contribution < 1.29 is 49.5 Å². The molecular formula is C29H37N2O10S4+. The highest BCUT2D eigenvalue weighted by Gasteiger charge is 2.25. The van der Waals surface area contributed by atoms with E-state index in [2.05, 4.69) is 9.47 Å². The van der Waals surface area contributed by atoms with Gasteiger partial charge in [-0.2, -0.15) is 21.4 Å². The highest BCUT2D eigenvalue weighted by Crippen LogP contribution is 2.47. The van der Waals surface area contributed by atoms with Gasteiger partial charge in [0, 0.05) is 36.8 Å². The number of aromatic nitrogens is 1. The Morgan fingerprint density at radius 1 is 0.867 bits per heavy atom. The molecule has 2 heterocycles. The van der Waals surface area contributed by atoms with Gasteiger partial charge in [-0.25, -0.2) is 0 Å². The fourth-order valence-corrected chi connectivity index (χ4v) is 7.67. The van der Waals surface area contributed by atoms with Gasteiger partial charge in [0.2, 0.25) is 5.52 Å². The Bertz CT molecular complexity index is 1740. The molecule has 0 aliphatic carbocycles. The molecule has 1 aliphatic rings. The first-order valence-corrected chi connectivity index (χ1v) is 18.9. The molecule has 0 saturated heterocycles. The summed E-state index contributed by atoms with van der Waals surface area (Å²) < 4.78 is 87.1. The Balaban J connectivity index is 1.50. The first-order valence-electron chi connectivity index (χ1n) is 14.1. The molecule has 0 fully saturated rings. The average Bonchev–Trinajstić information content (AvgIpc) is 3.51. The number of nitrogens with zero attached hydrogens (tertiary/aromatic N) is 2. The number of anilines is 1. The standard InChI is InChI=1S/C29H36N2O10S4/c1-38-22-8-10-26-24(20-22)30(12-16-40-14-4-18-44(32,33)34)28(42-26)6-3-7-29-31(13-17-41-15-5-19-45(35,36)37)25-21-23(39-2)9-11-27(25)43-29/h3,6-11,20-21H,4-5,12-19H2,1-2H3,(H-,32,33,34,35,36,37)/p+1. The van der Waals surface area contributed by atoms with E-state index in [0.717, 1.165) is 42.3 Å². The molecule has 0 bridgehead atoms. The van der Waals surface area contributed by atoms with E-state index in [-0.39, 0.29) is 37.6 Å². The monoisotopic (exact) mass is 701 g/mol. The van der Waals surface area contributed by atoms with Crippen LogP contribution >= 0.6 is 23.1 Å². The number of ether oxygens (including phenoxy) is 4. The van der Waals surface area contributed by atoms with Crippen LogP contribution in [0.2, 0.25) is 0 Å². The van der Waals surface area contributed by atoms with Crippen molar-refractivity contribution in [1.82, 2.24) is 0 Å². The minimum Gasteiger partial charge on any atom is -0.497 e. The van der Waals surface area contributed by atoms with Crippen molar-refractivity contribution in [2.24, 2.45) is 0 Å². The average molecular weight is 702 g/mol. The van der Waals surface area contributed by atoms with Crippen LogP contribution in [0.1, 0.15) is 17.8 Å². The number of thiazole rings is 1. The first kappa shape index (κ1) is 35.2. The lowest BCUT2D eigenvalue weighted by Gasteiger charge is -2.20. The quantitative estimate of drug-likeness (QED) is 0.111. The summed E-state index contributed by atoms with van der Waals surface area (Å²) in [6.07, 6.45) is 6.45. The fraction of sp³-hybridized carbons (Fsp3) is 0.414. The van der Waals surface area contributed by atoms with Crippen LogP contribution in [0.5, 0.6) is 11.5 Å². The maximum atomic E-state index is 11.0. The van der Waals surface area contributed by atoms with Crippen molar-refractivity contribution in [1.29, 1.82) is 0 Å². The zero-order valence-electron chi connectivity index (χ0n) is 25.0. The van der Waals surface area contributed by atoms with Gasteiger partial charge >= 0.3 is 0 Å². The molecule has 4 rings (SSSR count). The second-order valence-corrected chi connectivity index (χ2v) is 15.1. The highest BCUT2D eigenvalue weighted by atomic mass is 32.2. The Labute approximate surface area is 271 Å². The van der Waals surface area contributed by atoms with E-state index in [9.17, 15) is 16.8 Å². The topological polar surface area (TPSA) is 153 Å². The van der Waals surface area contributed by atoms with E-state index in [1.807, 2.05) is 54.6 Å². The van der Waals surface area contributed by atoms with Crippen LogP contribution in [0.25, 0.3) is 16.3 Å². The van der Waals surface area contributed by atoms with Crippen LogP contribution in [0, 0.1) is 0 Å². The smallest absolute Gasteiger partial charge is 0.264 e. The van der Waals surface area contributed by atoms with Gasteiger partial charge in [0.1, 0.15) is 22.8 Å². The second kappa shape index (κ2) is 16.2. The molecule has 0 amide bonds. The van der Waals surface area contributed by atoms with Gasteiger partial charge in [0.25, 0.3) is 25.2 Å². The lowest BCUT2D eigenvalue weighted by Crippen LogP contribution is -2.37. The van der Waals surface area contributed by atoms with Crippen LogP contribution in [0.15, 0.2) is 58.5 Å². The van der Waals surface area contributed by atoms with Gasteiger partial charge in [-0.05, 0) is 43.2 Å². The molecule has 0 unspecified atom stereocenters. The summed E-state index contributed by atoms with van der Waals surface area (Å²) in [5.74, 6) is 0.778. The SMILES string of the molecule is COc1ccc2c(c1)N(CCOCCCS(=O)(=O)O)C(=CC=Cc1sc3ccc(OC)cc3[n+]1CCOCCCS(=O)(=O)O)S2. The first-order chi connectivity index (χ1) is 21.5. The summed E-state index contributed by atoms with van der Waals surface area (Å²) in [7, 11) is -4.79. The predicted molar refractivity (Wildman–Crippen MR) is 176 cm³/mol. The molecular weight excluding hydrogens is 665 g/mol. The van der Waals surface area contributed by atoms with Crippen molar-refractivity contribution in [2.45, 2.75) is 24.3 Å². The predicted octanol–water partition coefficient (Wildman–Crippen LogP) is 4.26. The van der Waals surface area contributed by atoms with Crippen molar-refractivity contribution in [3.8, 4) is 11.5 Å². The van der Waals surface area contributed by atoms with Crippen LogP contribution in [0.4, 0.5) is 5.69 Å². The second-order valence-electron chi connectivity index (χ2n) is 9.88. The number of fused-ring (bicyclic) bond motifs is 2.